The Labute approximate surface area is 81.7 Å². The van der Waals surface area contributed by atoms with Crippen molar-refractivity contribution in [3.05, 3.63) is 0 Å². The third kappa shape index (κ3) is 5.04. The largest absolute Gasteiger partial charge is 0.381 e. The minimum atomic E-state index is 0.0434. The van der Waals surface area contributed by atoms with Crippen LogP contribution in [0.4, 0.5) is 0 Å². The van der Waals surface area contributed by atoms with E-state index in [1.807, 2.05) is 6.92 Å². The SMILES string of the molecule is CCCCCC(OC)C(C)C(C)=O. The molecule has 2 unspecified atom stereocenters. The summed E-state index contributed by atoms with van der Waals surface area (Å²) in [5.74, 6) is 0.269. The molecule has 78 valence electrons. The summed E-state index contributed by atoms with van der Waals surface area (Å²) in [7, 11) is 1.69. The Balaban J connectivity index is 3.80. The minimum Gasteiger partial charge on any atom is -0.381 e. The van der Waals surface area contributed by atoms with Gasteiger partial charge in [0.2, 0.25) is 0 Å². The second-order valence-electron chi connectivity index (χ2n) is 3.67. The molecule has 2 nitrogen and oxygen atoms in total. The number of ketones is 1. The van der Waals surface area contributed by atoms with Gasteiger partial charge in [-0.1, -0.05) is 33.1 Å². The topological polar surface area (TPSA) is 26.3 Å². The average molecular weight is 186 g/mol. The van der Waals surface area contributed by atoms with Crippen LogP contribution >= 0.6 is 0 Å². The number of carbonyl (C=O) groups is 1. The van der Waals surface area contributed by atoms with Crippen LogP contribution in [-0.4, -0.2) is 19.0 Å². The molecule has 13 heavy (non-hydrogen) atoms. The van der Waals surface area contributed by atoms with Crippen LogP contribution in [-0.2, 0) is 9.53 Å². The highest BCUT2D eigenvalue weighted by atomic mass is 16.5. The third-order valence-electron chi connectivity index (χ3n) is 2.59. The summed E-state index contributed by atoms with van der Waals surface area (Å²) in [6.07, 6.45) is 4.72. The number of Topliss-reactive ketones (excluding diaryl/α,β-unsaturated/α-hetero) is 1. The molecule has 0 aromatic heterocycles. The van der Waals surface area contributed by atoms with Gasteiger partial charge in [-0.25, -0.2) is 0 Å². The van der Waals surface area contributed by atoms with Gasteiger partial charge in [0, 0.05) is 13.0 Å². The fraction of sp³-hybridized carbons (Fsp3) is 0.909. The first-order valence-corrected chi connectivity index (χ1v) is 5.16. The van der Waals surface area contributed by atoms with Gasteiger partial charge in [-0.2, -0.15) is 0 Å². The van der Waals surface area contributed by atoms with Gasteiger partial charge >= 0.3 is 0 Å². The Bertz CT molecular complexity index is 143. The number of ether oxygens (including phenoxy) is 1. The van der Waals surface area contributed by atoms with E-state index in [0.717, 1.165) is 12.8 Å². The van der Waals surface area contributed by atoms with Crippen LogP contribution in [0.5, 0.6) is 0 Å². The zero-order valence-corrected chi connectivity index (χ0v) is 9.30. The predicted octanol–water partition coefficient (Wildman–Crippen LogP) is 2.81. The van der Waals surface area contributed by atoms with E-state index in [4.69, 9.17) is 4.74 Å². The molecule has 0 aliphatic heterocycles. The van der Waals surface area contributed by atoms with Crippen LogP contribution in [0.25, 0.3) is 0 Å². The summed E-state index contributed by atoms with van der Waals surface area (Å²) in [5.41, 5.74) is 0. The summed E-state index contributed by atoms with van der Waals surface area (Å²) in [5, 5.41) is 0. The van der Waals surface area contributed by atoms with Crippen LogP contribution < -0.4 is 0 Å². The zero-order valence-electron chi connectivity index (χ0n) is 9.30. The summed E-state index contributed by atoms with van der Waals surface area (Å²) >= 11 is 0. The zero-order chi connectivity index (χ0) is 10.3. The molecule has 0 rings (SSSR count). The monoisotopic (exact) mass is 186 g/mol. The maximum absolute atomic E-state index is 11.1. The lowest BCUT2D eigenvalue weighted by Gasteiger charge is -2.20. The maximum atomic E-state index is 11.1. The molecule has 0 N–H and O–H groups in total. The van der Waals surface area contributed by atoms with E-state index in [-0.39, 0.29) is 17.8 Å². The second-order valence-corrected chi connectivity index (χ2v) is 3.67. The molecule has 0 bridgehead atoms. The molecule has 2 heteroatoms. The molecule has 0 saturated carbocycles. The Hall–Kier alpha value is -0.370. The lowest BCUT2D eigenvalue weighted by Crippen LogP contribution is -2.25. The van der Waals surface area contributed by atoms with Crippen LogP contribution in [0, 0.1) is 5.92 Å². The minimum absolute atomic E-state index is 0.0434. The highest BCUT2D eigenvalue weighted by Crippen LogP contribution is 2.15. The van der Waals surface area contributed by atoms with Gasteiger partial charge in [-0.05, 0) is 13.3 Å². The number of unbranched alkanes of at least 4 members (excludes halogenated alkanes) is 2. The molecule has 0 aromatic rings. The standard InChI is InChI=1S/C11H22O2/c1-5-6-7-8-11(13-4)9(2)10(3)12/h9,11H,5-8H2,1-4H3. The Morgan fingerprint density at radius 2 is 2.00 bits per heavy atom. The van der Waals surface area contributed by atoms with Crippen molar-refractivity contribution >= 4 is 5.78 Å². The van der Waals surface area contributed by atoms with Crippen molar-refractivity contribution in [2.24, 2.45) is 5.92 Å². The van der Waals surface area contributed by atoms with E-state index < -0.39 is 0 Å². The first-order chi connectivity index (χ1) is 6.13. The van der Waals surface area contributed by atoms with Crippen molar-refractivity contribution < 1.29 is 9.53 Å². The first kappa shape index (κ1) is 12.6. The van der Waals surface area contributed by atoms with E-state index in [2.05, 4.69) is 6.92 Å². The molecule has 0 amide bonds. The number of carbonyl (C=O) groups excluding carboxylic acids is 1. The van der Waals surface area contributed by atoms with Crippen molar-refractivity contribution in [2.75, 3.05) is 7.11 Å². The summed E-state index contributed by atoms with van der Waals surface area (Å²) < 4.78 is 5.30. The summed E-state index contributed by atoms with van der Waals surface area (Å²) in [4.78, 5) is 11.1. The number of rotatable bonds is 7. The molecule has 0 radical (unpaired) electrons. The maximum Gasteiger partial charge on any atom is 0.135 e. The van der Waals surface area contributed by atoms with Crippen molar-refractivity contribution in [1.82, 2.24) is 0 Å². The normalized spacial score (nSPS) is 15.4. The molecule has 0 saturated heterocycles. The first-order valence-electron chi connectivity index (χ1n) is 5.16. The molecular formula is C11H22O2. The van der Waals surface area contributed by atoms with E-state index in [0.29, 0.717) is 0 Å². The van der Waals surface area contributed by atoms with Gasteiger partial charge in [-0.3, -0.25) is 4.79 Å². The molecule has 0 aliphatic rings. The highest BCUT2D eigenvalue weighted by Gasteiger charge is 2.19. The fourth-order valence-electron chi connectivity index (χ4n) is 1.43. The average Bonchev–Trinajstić information content (AvgIpc) is 2.11. The lowest BCUT2D eigenvalue weighted by atomic mass is 9.96. The number of hydrogen-bond acceptors (Lipinski definition) is 2. The molecule has 0 fully saturated rings. The van der Waals surface area contributed by atoms with Gasteiger partial charge < -0.3 is 4.74 Å². The van der Waals surface area contributed by atoms with Crippen LogP contribution in [0.3, 0.4) is 0 Å². The number of hydrogen-bond donors (Lipinski definition) is 0. The van der Waals surface area contributed by atoms with Gasteiger partial charge in [0.15, 0.2) is 0 Å². The quantitative estimate of drug-likeness (QED) is 0.571. The van der Waals surface area contributed by atoms with Crippen molar-refractivity contribution in [3.63, 3.8) is 0 Å². The third-order valence-corrected chi connectivity index (χ3v) is 2.59. The van der Waals surface area contributed by atoms with Crippen LogP contribution in [0.15, 0.2) is 0 Å². The molecule has 0 spiro atoms. The Kier molecular flexibility index (Phi) is 6.87. The van der Waals surface area contributed by atoms with Gasteiger partial charge in [-0.15, -0.1) is 0 Å². The van der Waals surface area contributed by atoms with Crippen LogP contribution in [0.1, 0.15) is 46.5 Å². The van der Waals surface area contributed by atoms with Crippen molar-refractivity contribution in [2.45, 2.75) is 52.6 Å². The smallest absolute Gasteiger partial charge is 0.135 e. The van der Waals surface area contributed by atoms with Crippen molar-refractivity contribution in [3.8, 4) is 0 Å². The van der Waals surface area contributed by atoms with Gasteiger partial charge in [0.1, 0.15) is 5.78 Å². The van der Waals surface area contributed by atoms with E-state index in [1.54, 1.807) is 14.0 Å². The lowest BCUT2D eigenvalue weighted by molar-refractivity contribution is -0.124. The van der Waals surface area contributed by atoms with E-state index in [9.17, 15) is 4.79 Å². The summed E-state index contributed by atoms with van der Waals surface area (Å²) in [6.45, 7) is 5.76. The van der Waals surface area contributed by atoms with Crippen molar-refractivity contribution in [1.29, 1.82) is 0 Å². The molecular weight excluding hydrogens is 164 g/mol. The fourth-order valence-corrected chi connectivity index (χ4v) is 1.43. The molecule has 0 aromatic carbocycles. The molecule has 0 aliphatic carbocycles. The number of methoxy groups -OCH3 is 1. The van der Waals surface area contributed by atoms with E-state index in [1.165, 1.54) is 12.8 Å². The van der Waals surface area contributed by atoms with Gasteiger partial charge in [0.05, 0.1) is 6.10 Å². The van der Waals surface area contributed by atoms with Gasteiger partial charge in [0.25, 0.3) is 0 Å². The van der Waals surface area contributed by atoms with Crippen LogP contribution in [0.2, 0.25) is 0 Å². The predicted molar refractivity (Wildman–Crippen MR) is 54.8 cm³/mol. The molecule has 0 heterocycles. The Morgan fingerprint density at radius 1 is 1.38 bits per heavy atom. The summed E-state index contributed by atoms with van der Waals surface area (Å²) in [6, 6.07) is 0. The van der Waals surface area contributed by atoms with E-state index >= 15 is 0 Å². The second kappa shape index (κ2) is 7.07. The Morgan fingerprint density at radius 3 is 2.38 bits per heavy atom. The highest BCUT2D eigenvalue weighted by molar-refractivity contribution is 5.78. The molecule has 2 atom stereocenters.